The number of carbonyl (C=O) groups is 1. The quantitative estimate of drug-likeness (QED) is 0.891. The molecule has 1 rings (SSSR count). The molecule has 0 saturated heterocycles. The van der Waals surface area contributed by atoms with E-state index in [-0.39, 0.29) is 6.42 Å². The fourth-order valence-electron chi connectivity index (χ4n) is 0.990. The van der Waals surface area contributed by atoms with Gasteiger partial charge in [0.25, 0.3) is 0 Å². The lowest BCUT2D eigenvalue weighted by Gasteiger charge is -2.16. The maximum atomic E-state index is 10.7. The molecular formula is C9H11BrO3S. The molecule has 0 radical (unpaired) electrons. The smallest absolute Gasteiger partial charge is 0.335 e. The summed E-state index contributed by atoms with van der Waals surface area (Å²) >= 11 is 4.81. The third-order valence-electron chi connectivity index (χ3n) is 1.93. The Morgan fingerprint density at radius 2 is 2.29 bits per heavy atom. The molecule has 0 aliphatic heterocycles. The van der Waals surface area contributed by atoms with Crippen LogP contribution in [0.2, 0.25) is 0 Å². The maximum Gasteiger partial charge on any atom is 0.335 e. The van der Waals surface area contributed by atoms with E-state index in [1.165, 1.54) is 18.3 Å². The van der Waals surface area contributed by atoms with E-state index in [1.807, 2.05) is 12.3 Å². The molecule has 0 aliphatic rings. The zero-order valence-electron chi connectivity index (χ0n) is 7.87. The Labute approximate surface area is 94.5 Å². The summed E-state index contributed by atoms with van der Waals surface area (Å²) in [6, 6.07) is 0. The fourth-order valence-corrected chi connectivity index (χ4v) is 2.74. The average Bonchev–Trinajstić information content (AvgIpc) is 2.35. The van der Waals surface area contributed by atoms with Gasteiger partial charge in [-0.05, 0) is 40.7 Å². The molecular weight excluding hydrogens is 268 g/mol. The molecule has 1 atom stereocenters. The Hall–Kier alpha value is -0.390. The number of aliphatic carboxylic acids is 1. The van der Waals surface area contributed by atoms with Gasteiger partial charge in [-0.15, -0.1) is 11.3 Å². The van der Waals surface area contributed by atoms with Gasteiger partial charge in [0.2, 0.25) is 0 Å². The summed E-state index contributed by atoms with van der Waals surface area (Å²) in [4.78, 5) is 11.5. The number of hydrogen-bond acceptors (Lipinski definition) is 3. The molecule has 0 spiro atoms. The van der Waals surface area contributed by atoms with Crippen molar-refractivity contribution in [3.8, 4) is 0 Å². The Bertz CT molecular complexity index is 357. The minimum atomic E-state index is -1.69. The summed E-state index contributed by atoms with van der Waals surface area (Å²) in [5.41, 5.74) is -0.633. The first-order valence-corrected chi connectivity index (χ1v) is 5.70. The van der Waals surface area contributed by atoms with E-state index in [0.717, 1.165) is 14.9 Å². The number of hydrogen-bond donors (Lipinski definition) is 2. The second-order valence-corrected chi connectivity index (χ2v) is 5.17. The molecule has 1 unspecified atom stereocenters. The van der Waals surface area contributed by atoms with Crippen LogP contribution in [0.4, 0.5) is 0 Å². The molecule has 0 aromatic carbocycles. The number of carboxylic acids is 1. The molecule has 0 saturated carbocycles. The van der Waals surface area contributed by atoms with Crippen LogP contribution in [-0.4, -0.2) is 21.8 Å². The van der Waals surface area contributed by atoms with Crippen molar-refractivity contribution in [1.29, 1.82) is 0 Å². The molecule has 14 heavy (non-hydrogen) atoms. The largest absolute Gasteiger partial charge is 0.479 e. The van der Waals surface area contributed by atoms with Crippen molar-refractivity contribution in [1.82, 2.24) is 0 Å². The summed E-state index contributed by atoms with van der Waals surface area (Å²) in [5.74, 6) is -1.20. The average molecular weight is 279 g/mol. The van der Waals surface area contributed by atoms with E-state index in [2.05, 4.69) is 15.9 Å². The predicted octanol–water partition coefficient (Wildman–Crippen LogP) is 2.20. The molecule has 2 N–H and O–H groups in total. The number of aryl methyl sites for hydroxylation is 1. The Balaban J connectivity index is 2.89. The fraction of sp³-hybridized carbons (Fsp3) is 0.444. The van der Waals surface area contributed by atoms with Gasteiger partial charge in [-0.3, -0.25) is 0 Å². The summed E-state index contributed by atoms with van der Waals surface area (Å²) in [6.07, 6.45) is 0.126. The highest BCUT2D eigenvalue weighted by molar-refractivity contribution is 9.10. The molecule has 0 bridgehead atoms. The van der Waals surface area contributed by atoms with Crippen LogP contribution in [0.15, 0.2) is 9.85 Å². The van der Waals surface area contributed by atoms with E-state index in [1.54, 1.807) is 0 Å². The lowest BCUT2D eigenvalue weighted by Crippen LogP contribution is -2.36. The number of thiophene rings is 1. The topological polar surface area (TPSA) is 57.5 Å². The molecule has 0 aliphatic carbocycles. The van der Waals surface area contributed by atoms with Crippen molar-refractivity contribution < 1.29 is 15.0 Å². The SMILES string of the molecule is Cc1csc(CC(C)(O)C(=O)O)c1Br. The standard InChI is InChI=1S/C9H11BrO3S/c1-5-4-14-6(7(5)10)3-9(2,13)8(11)12/h4,13H,3H2,1-2H3,(H,11,12). The summed E-state index contributed by atoms with van der Waals surface area (Å²) in [5, 5.41) is 20.2. The summed E-state index contributed by atoms with van der Waals surface area (Å²) in [7, 11) is 0. The Kier molecular flexibility index (Phi) is 3.34. The van der Waals surface area contributed by atoms with E-state index < -0.39 is 11.6 Å². The molecule has 1 heterocycles. The zero-order chi connectivity index (χ0) is 10.9. The van der Waals surface area contributed by atoms with E-state index in [9.17, 15) is 9.90 Å². The highest BCUT2D eigenvalue weighted by Crippen LogP contribution is 2.30. The van der Waals surface area contributed by atoms with Crippen molar-refractivity contribution in [2.75, 3.05) is 0 Å². The highest BCUT2D eigenvalue weighted by atomic mass is 79.9. The van der Waals surface area contributed by atoms with Crippen molar-refractivity contribution >= 4 is 33.2 Å². The zero-order valence-corrected chi connectivity index (χ0v) is 10.3. The van der Waals surface area contributed by atoms with Gasteiger partial charge in [0, 0.05) is 15.8 Å². The first-order valence-electron chi connectivity index (χ1n) is 4.03. The number of rotatable bonds is 3. The third-order valence-corrected chi connectivity index (χ3v) is 4.41. The van der Waals surface area contributed by atoms with Gasteiger partial charge in [0.15, 0.2) is 5.60 Å². The molecule has 3 nitrogen and oxygen atoms in total. The number of halogens is 1. The lowest BCUT2D eigenvalue weighted by atomic mass is 10.0. The van der Waals surface area contributed by atoms with Crippen molar-refractivity contribution in [2.45, 2.75) is 25.9 Å². The van der Waals surface area contributed by atoms with Gasteiger partial charge < -0.3 is 10.2 Å². The van der Waals surface area contributed by atoms with Crippen LogP contribution in [0.1, 0.15) is 17.4 Å². The van der Waals surface area contributed by atoms with Crippen molar-refractivity contribution in [2.24, 2.45) is 0 Å². The highest BCUT2D eigenvalue weighted by Gasteiger charge is 2.31. The van der Waals surface area contributed by atoms with Crippen LogP contribution in [0, 0.1) is 6.92 Å². The monoisotopic (exact) mass is 278 g/mol. The maximum absolute atomic E-state index is 10.7. The minimum absolute atomic E-state index is 0.126. The Morgan fingerprint density at radius 1 is 1.71 bits per heavy atom. The van der Waals surface area contributed by atoms with E-state index >= 15 is 0 Å². The van der Waals surface area contributed by atoms with Gasteiger partial charge in [-0.1, -0.05) is 0 Å². The minimum Gasteiger partial charge on any atom is -0.479 e. The number of carboxylic acid groups (broad SMARTS) is 1. The first-order chi connectivity index (χ1) is 6.34. The van der Waals surface area contributed by atoms with E-state index in [0.29, 0.717) is 0 Å². The first kappa shape index (κ1) is 11.7. The third kappa shape index (κ3) is 2.34. The second kappa shape index (κ2) is 4.00. The molecule has 0 amide bonds. The summed E-state index contributed by atoms with van der Waals surface area (Å²) < 4.78 is 0.893. The Morgan fingerprint density at radius 3 is 2.64 bits per heavy atom. The van der Waals surface area contributed by atoms with Crippen molar-refractivity contribution in [3.05, 3.63) is 20.3 Å². The van der Waals surface area contributed by atoms with Crippen LogP contribution < -0.4 is 0 Å². The van der Waals surface area contributed by atoms with Crippen molar-refractivity contribution in [3.63, 3.8) is 0 Å². The van der Waals surface area contributed by atoms with Gasteiger partial charge in [0.1, 0.15) is 0 Å². The van der Waals surface area contributed by atoms with Gasteiger partial charge in [-0.2, -0.15) is 0 Å². The van der Waals surface area contributed by atoms with Crippen LogP contribution in [-0.2, 0) is 11.2 Å². The van der Waals surface area contributed by atoms with Crippen LogP contribution in [0.25, 0.3) is 0 Å². The van der Waals surface area contributed by atoms with Gasteiger partial charge >= 0.3 is 5.97 Å². The molecule has 78 valence electrons. The van der Waals surface area contributed by atoms with Crippen LogP contribution in [0.3, 0.4) is 0 Å². The predicted molar refractivity (Wildman–Crippen MR) is 58.7 cm³/mol. The molecule has 1 aromatic heterocycles. The molecule has 1 aromatic rings. The number of aliphatic hydroxyl groups is 1. The molecule has 0 fully saturated rings. The van der Waals surface area contributed by atoms with Gasteiger partial charge in [0.05, 0.1) is 0 Å². The van der Waals surface area contributed by atoms with Crippen LogP contribution >= 0.6 is 27.3 Å². The summed E-state index contributed by atoms with van der Waals surface area (Å²) in [6.45, 7) is 3.23. The molecule has 5 heteroatoms. The van der Waals surface area contributed by atoms with Gasteiger partial charge in [-0.25, -0.2) is 4.79 Å². The normalized spacial score (nSPS) is 15.1. The lowest BCUT2D eigenvalue weighted by molar-refractivity contribution is -0.156. The second-order valence-electron chi connectivity index (χ2n) is 3.41. The van der Waals surface area contributed by atoms with E-state index in [4.69, 9.17) is 5.11 Å². The van der Waals surface area contributed by atoms with Crippen LogP contribution in [0.5, 0.6) is 0 Å².